The Bertz CT molecular complexity index is 968. The van der Waals surface area contributed by atoms with Crippen molar-refractivity contribution in [1.29, 1.82) is 0 Å². The van der Waals surface area contributed by atoms with Crippen LogP contribution in [0.4, 0.5) is 4.39 Å². The van der Waals surface area contributed by atoms with E-state index < -0.39 is 27.9 Å². The molecular formula is C19H22ClFN2O4S. The van der Waals surface area contributed by atoms with Crippen molar-refractivity contribution in [3.63, 3.8) is 0 Å². The number of piperazine rings is 1. The van der Waals surface area contributed by atoms with E-state index in [0.29, 0.717) is 24.2 Å². The van der Waals surface area contributed by atoms with Gasteiger partial charge in [0.1, 0.15) is 5.82 Å². The van der Waals surface area contributed by atoms with Gasteiger partial charge in [-0.15, -0.1) is 12.4 Å². The van der Waals surface area contributed by atoms with Crippen LogP contribution in [0.1, 0.15) is 27.5 Å². The summed E-state index contributed by atoms with van der Waals surface area (Å²) in [5.74, 6) is -1.01. The zero-order valence-corrected chi connectivity index (χ0v) is 17.1. The van der Waals surface area contributed by atoms with E-state index in [1.54, 1.807) is 19.1 Å². The molecule has 1 aliphatic rings. The van der Waals surface area contributed by atoms with E-state index in [-0.39, 0.29) is 29.4 Å². The molecule has 6 nitrogen and oxygen atoms in total. The number of ether oxygens (including phenoxy) is 1. The first-order valence-electron chi connectivity index (χ1n) is 8.52. The Morgan fingerprint density at radius 3 is 2.64 bits per heavy atom. The fourth-order valence-electron chi connectivity index (χ4n) is 3.32. The third-order valence-corrected chi connectivity index (χ3v) is 6.76. The Morgan fingerprint density at radius 2 is 1.96 bits per heavy atom. The highest BCUT2D eigenvalue weighted by atomic mass is 35.5. The van der Waals surface area contributed by atoms with Gasteiger partial charge in [0.15, 0.2) is 0 Å². The summed E-state index contributed by atoms with van der Waals surface area (Å²) in [7, 11) is -2.65. The molecule has 0 spiro atoms. The number of halogens is 2. The first-order valence-corrected chi connectivity index (χ1v) is 9.96. The molecule has 1 aliphatic heterocycles. The van der Waals surface area contributed by atoms with Gasteiger partial charge in [-0.3, -0.25) is 0 Å². The Kier molecular flexibility index (Phi) is 7.16. The average molecular weight is 429 g/mol. The van der Waals surface area contributed by atoms with E-state index in [4.69, 9.17) is 4.74 Å². The molecule has 0 radical (unpaired) electrons. The Morgan fingerprint density at radius 1 is 1.25 bits per heavy atom. The number of nitrogens with one attached hydrogen (secondary N) is 1. The molecule has 1 saturated heterocycles. The third-order valence-electron chi connectivity index (χ3n) is 4.70. The van der Waals surface area contributed by atoms with Crippen LogP contribution in [0, 0.1) is 12.7 Å². The Hall–Kier alpha value is -2.00. The predicted molar refractivity (Wildman–Crippen MR) is 106 cm³/mol. The number of methoxy groups -OCH3 is 1. The van der Waals surface area contributed by atoms with E-state index in [2.05, 4.69) is 5.32 Å². The van der Waals surface area contributed by atoms with Gasteiger partial charge in [0.2, 0.25) is 10.0 Å². The molecule has 3 rings (SSSR count). The van der Waals surface area contributed by atoms with E-state index in [1.165, 1.54) is 41.7 Å². The molecule has 0 amide bonds. The molecule has 1 unspecified atom stereocenters. The minimum atomic E-state index is -3.90. The summed E-state index contributed by atoms with van der Waals surface area (Å²) >= 11 is 0. The molecule has 1 heterocycles. The second-order valence-electron chi connectivity index (χ2n) is 6.31. The fourth-order valence-corrected chi connectivity index (χ4v) is 5.19. The lowest BCUT2D eigenvalue weighted by molar-refractivity contribution is 0.0599. The number of carbonyl (C=O) groups excluding carboxylic acids is 1. The van der Waals surface area contributed by atoms with Crippen LogP contribution in [-0.4, -0.2) is 45.4 Å². The van der Waals surface area contributed by atoms with Gasteiger partial charge < -0.3 is 10.1 Å². The number of rotatable bonds is 4. The van der Waals surface area contributed by atoms with Crippen LogP contribution in [0.2, 0.25) is 0 Å². The fraction of sp³-hybridized carbons (Fsp3) is 0.316. The topological polar surface area (TPSA) is 75.7 Å². The number of hydrogen-bond acceptors (Lipinski definition) is 5. The highest BCUT2D eigenvalue weighted by Gasteiger charge is 2.36. The molecule has 2 aromatic rings. The quantitative estimate of drug-likeness (QED) is 0.758. The zero-order chi connectivity index (χ0) is 19.6. The number of esters is 1. The third kappa shape index (κ3) is 4.20. The summed E-state index contributed by atoms with van der Waals surface area (Å²) in [5.41, 5.74) is 1.12. The van der Waals surface area contributed by atoms with Crippen LogP contribution < -0.4 is 5.32 Å². The van der Waals surface area contributed by atoms with Crippen molar-refractivity contribution in [3.05, 3.63) is 65.0 Å². The molecule has 0 aromatic heterocycles. The van der Waals surface area contributed by atoms with E-state index >= 15 is 0 Å². The second kappa shape index (κ2) is 9.00. The van der Waals surface area contributed by atoms with Crippen molar-refractivity contribution in [2.24, 2.45) is 0 Å². The maximum absolute atomic E-state index is 13.7. The summed E-state index contributed by atoms with van der Waals surface area (Å²) in [6, 6.07) is 9.92. The summed E-state index contributed by atoms with van der Waals surface area (Å²) in [5, 5.41) is 3.16. The molecule has 28 heavy (non-hydrogen) atoms. The first kappa shape index (κ1) is 22.3. The monoisotopic (exact) mass is 428 g/mol. The number of carbonyl (C=O) groups is 1. The molecule has 1 fully saturated rings. The van der Waals surface area contributed by atoms with E-state index in [0.717, 1.165) is 0 Å². The molecule has 1 atom stereocenters. The summed E-state index contributed by atoms with van der Waals surface area (Å²) in [6.07, 6.45) is 0. The molecule has 0 saturated carbocycles. The number of benzene rings is 2. The van der Waals surface area contributed by atoms with Crippen molar-refractivity contribution in [2.45, 2.75) is 17.9 Å². The first-order chi connectivity index (χ1) is 12.9. The van der Waals surface area contributed by atoms with Crippen LogP contribution in [0.15, 0.2) is 47.4 Å². The van der Waals surface area contributed by atoms with Gasteiger partial charge in [0, 0.05) is 19.6 Å². The molecule has 2 aromatic carbocycles. The Labute approximate surface area is 170 Å². The normalized spacial score (nSPS) is 17.6. The lowest BCUT2D eigenvalue weighted by atomic mass is 10.1. The molecule has 1 N–H and O–H groups in total. The lowest BCUT2D eigenvalue weighted by Gasteiger charge is -2.35. The largest absolute Gasteiger partial charge is 0.465 e. The number of nitrogens with zero attached hydrogens (tertiary/aromatic N) is 1. The van der Waals surface area contributed by atoms with Gasteiger partial charge in [0.05, 0.1) is 23.6 Å². The van der Waals surface area contributed by atoms with Crippen LogP contribution >= 0.6 is 12.4 Å². The van der Waals surface area contributed by atoms with Crippen LogP contribution in [-0.2, 0) is 14.8 Å². The molecular weight excluding hydrogens is 407 g/mol. The van der Waals surface area contributed by atoms with E-state index in [1.807, 2.05) is 0 Å². The maximum Gasteiger partial charge on any atom is 0.338 e. The molecule has 9 heteroatoms. The van der Waals surface area contributed by atoms with Crippen molar-refractivity contribution in [3.8, 4) is 0 Å². The molecule has 152 valence electrons. The van der Waals surface area contributed by atoms with Crippen LogP contribution in [0.3, 0.4) is 0 Å². The lowest BCUT2D eigenvalue weighted by Crippen LogP contribution is -2.48. The standard InChI is InChI=1S/C19H21FN2O4S.ClH/c1-13-16(19(23)26-2)7-4-8-18(13)27(24,25)22-10-9-21-12-17(22)14-5-3-6-15(20)11-14;/h3-8,11,17,21H,9-10,12H2,1-2H3;1H. The molecule has 0 bridgehead atoms. The highest BCUT2D eigenvalue weighted by Crippen LogP contribution is 2.31. The van der Waals surface area contributed by atoms with Gasteiger partial charge in [0.25, 0.3) is 0 Å². The maximum atomic E-state index is 13.7. The van der Waals surface area contributed by atoms with Crippen molar-refractivity contribution in [2.75, 3.05) is 26.7 Å². The van der Waals surface area contributed by atoms with Gasteiger partial charge in [-0.1, -0.05) is 18.2 Å². The summed E-state index contributed by atoms with van der Waals surface area (Å²) in [4.78, 5) is 12.0. The van der Waals surface area contributed by atoms with Crippen molar-refractivity contribution >= 4 is 28.4 Å². The summed E-state index contributed by atoms with van der Waals surface area (Å²) < 4.78 is 46.6. The van der Waals surface area contributed by atoms with Crippen LogP contribution in [0.25, 0.3) is 0 Å². The summed E-state index contributed by atoms with van der Waals surface area (Å²) in [6.45, 7) is 2.68. The number of sulfonamides is 1. The highest BCUT2D eigenvalue weighted by molar-refractivity contribution is 7.89. The van der Waals surface area contributed by atoms with Crippen LogP contribution in [0.5, 0.6) is 0 Å². The number of hydrogen-bond donors (Lipinski definition) is 1. The van der Waals surface area contributed by atoms with Crippen molar-refractivity contribution in [1.82, 2.24) is 9.62 Å². The SMILES string of the molecule is COC(=O)c1cccc(S(=O)(=O)N2CCNCC2c2cccc(F)c2)c1C.Cl. The smallest absolute Gasteiger partial charge is 0.338 e. The van der Waals surface area contributed by atoms with Gasteiger partial charge in [-0.05, 0) is 42.3 Å². The molecule has 0 aliphatic carbocycles. The zero-order valence-electron chi connectivity index (χ0n) is 15.5. The minimum absolute atomic E-state index is 0. The van der Waals surface area contributed by atoms with Gasteiger partial charge >= 0.3 is 5.97 Å². The predicted octanol–water partition coefficient (Wildman–Crippen LogP) is 2.68. The van der Waals surface area contributed by atoms with Gasteiger partial charge in [-0.2, -0.15) is 4.31 Å². The Balaban J connectivity index is 0.00000280. The second-order valence-corrected chi connectivity index (χ2v) is 8.17. The van der Waals surface area contributed by atoms with Crippen molar-refractivity contribution < 1.29 is 22.3 Å². The van der Waals surface area contributed by atoms with Gasteiger partial charge in [-0.25, -0.2) is 17.6 Å². The average Bonchev–Trinajstić information content (AvgIpc) is 2.67. The van der Waals surface area contributed by atoms with E-state index in [9.17, 15) is 17.6 Å². The minimum Gasteiger partial charge on any atom is -0.465 e.